The van der Waals surface area contributed by atoms with E-state index in [1.54, 1.807) is 74.5 Å². The van der Waals surface area contributed by atoms with E-state index in [0.29, 0.717) is 65.6 Å². The molecule has 0 aliphatic carbocycles. The Labute approximate surface area is 255 Å². The highest BCUT2D eigenvalue weighted by Gasteiger charge is 2.14. The van der Waals surface area contributed by atoms with Crippen LogP contribution >= 0.6 is 0 Å². The lowest BCUT2D eigenvalue weighted by molar-refractivity contribution is -0.139. The molecule has 0 spiro atoms. The smallest absolute Gasteiger partial charge is 0.343 e. The molecule has 0 fully saturated rings. The van der Waals surface area contributed by atoms with Gasteiger partial charge in [0.05, 0.1) is 37.6 Å². The van der Waals surface area contributed by atoms with Crippen LogP contribution in [0.3, 0.4) is 0 Å². The summed E-state index contributed by atoms with van der Waals surface area (Å²) in [7, 11) is 0. The number of hydrogen-bond donors (Lipinski definition) is 0. The fourth-order valence-corrected chi connectivity index (χ4v) is 3.52. The zero-order valence-electron chi connectivity index (χ0n) is 24.7. The van der Waals surface area contributed by atoms with E-state index in [4.69, 9.17) is 28.4 Å². The van der Waals surface area contributed by atoms with Gasteiger partial charge in [-0.1, -0.05) is 13.2 Å². The SMILES string of the molecule is C=CC(=O)OCCCOc1ccc(C(=O)Oc2ccc(OC(=O)c3ccc(OCCCOC(=O)C(=C)C)cc3)cc2C)cc1. The molecule has 0 atom stereocenters. The lowest BCUT2D eigenvalue weighted by Crippen LogP contribution is -2.11. The summed E-state index contributed by atoms with van der Waals surface area (Å²) in [6, 6.07) is 17.6. The number of hydrogen-bond acceptors (Lipinski definition) is 10. The molecule has 0 heterocycles. The van der Waals surface area contributed by atoms with Gasteiger partial charge in [0, 0.05) is 24.5 Å². The molecule has 0 saturated heterocycles. The molecule has 0 aliphatic rings. The third-order valence-electron chi connectivity index (χ3n) is 5.85. The van der Waals surface area contributed by atoms with Gasteiger partial charge < -0.3 is 28.4 Å². The van der Waals surface area contributed by atoms with Crippen LogP contribution in [0.4, 0.5) is 0 Å². The highest BCUT2D eigenvalue weighted by atomic mass is 16.5. The van der Waals surface area contributed by atoms with Gasteiger partial charge in [0.15, 0.2) is 0 Å². The van der Waals surface area contributed by atoms with Crippen molar-refractivity contribution in [1.29, 1.82) is 0 Å². The predicted molar refractivity (Wildman–Crippen MR) is 161 cm³/mol. The second-order valence-electron chi connectivity index (χ2n) is 9.45. The molecule has 230 valence electrons. The maximum atomic E-state index is 12.7. The first-order chi connectivity index (χ1) is 21.2. The van der Waals surface area contributed by atoms with Gasteiger partial charge >= 0.3 is 23.9 Å². The minimum Gasteiger partial charge on any atom is -0.493 e. The van der Waals surface area contributed by atoms with Crippen molar-refractivity contribution < 1.29 is 47.6 Å². The Morgan fingerprint density at radius 2 is 1.18 bits per heavy atom. The fourth-order valence-electron chi connectivity index (χ4n) is 3.52. The molecule has 0 saturated carbocycles. The van der Waals surface area contributed by atoms with Crippen LogP contribution in [0.5, 0.6) is 23.0 Å². The van der Waals surface area contributed by atoms with Crippen molar-refractivity contribution in [1.82, 2.24) is 0 Å². The largest absolute Gasteiger partial charge is 0.493 e. The van der Waals surface area contributed by atoms with Crippen LogP contribution in [0, 0.1) is 6.92 Å². The molecule has 3 rings (SSSR count). The summed E-state index contributed by atoms with van der Waals surface area (Å²) in [5.41, 5.74) is 1.59. The van der Waals surface area contributed by atoms with Crippen molar-refractivity contribution in [2.24, 2.45) is 0 Å². The monoisotopic (exact) mass is 602 g/mol. The second kappa shape index (κ2) is 16.9. The molecular weight excluding hydrogens is 568 g/mol. The maximum absolute atomic E-state index is 12.7. The fraction of sp³-hybridized carbons (Fsp3) is 0.235. The van der Waals surface area contributed by atoms with Gasteiger partial charge in [0.2, 0.25) is 0 Å². The minimum absolute atomic E-state index is 0.218. The van der Waals surface area contributed by atoms with Gasteiger partial charge in [0.25, 0.3) is 0 Å². The Morgan fingerprint density at radius 1 is 0.682 bits per heavy atom. The number of esters is 4. The summed E-state index contributed by atoms with van der Waals surface area (Å²) in [6.07, 6.45) is 2.11. The van der Waals surface area contributed by atoms with Gasteiger partial charge in [-0.3, -0.25) is 0 Å². The van der Waals surface area contributed by atoms with Crippen LogP contribution in [-0.4, -0.2) is 50.3 Å². The highest BCUT2D eigenvalue weighted by Crippen LogP contribution is 2.26. The van der Waals surface area contributed by atoms with E-state index in [1.165, 1.54) is 6.07 Å². The number of rotatable bonds is 16. The van der Waals surface area contributed by atoms with Gasteiger partial charge in [-0.05, 0) is 86.1 Å². The molecule has 44 heavy (non-hydrogen) atoms. The normalized spacial score (nSPS) is 10.2. The quantitative estimate of drug-likeness (QED) is 0.0857. The number of carbonyl (C=O) groups is 4. The van der Waals surface area contributed by atoms with Crippen LogP contribution < -0.4 is 18.9 Å². The topological polar surface area (TPSA) is 124 Å². The first-order valence-corrected chi connectivity index (χ1v) is 13.8. The van der Waals surface area contributed by atoms with E-state index in [-0.39, 0.29) is 19.0 Å². The Hall–Kier alpha value is -5.38. The van der Waals surface area contributed by atoms with E-state index in [9.17, 15) is 19.2 Å². The number of ether oxygens (including phenoxy) is 6. The lowest BCUT2D eigenvalue weighted by Gasteiger charge is -2.11. The van der Waals surface area contributed by atoms with Gasteiger partial charge in [0.1, 0.15) is 23.0 Å². The molecule has 3 aromatic carbocycles. The summed E-state index contributed by atoms with van der Waals surface area (Å²) < 4.78 is 32.1. The molecule has 3 aromatic rings. The molecular formula is C34H34O10. The average molecular weight is 603 g/mol. The third kappa shape index (κ3) is 10.8. The van der Waals surface area contributed by atoms with E-state index in [1.807, 2.05) is 0 Å². The third-order valence-corrected chi connectivity index (χ3v) is 5.85. The molecule has 0 N–H and O–H groups in total. The first kappa shape index (κ1) is 33.1. The summed E-state index contributed by atoms with van der Waals surface area (Å²) in [6.45, 7) is 11.3. The number of carbonyl (C=O) groups excluding carboxylic acids is 4. The van der Waals surface area contributed by atoms with Gasteiger partial charge in [-0.25, -0.2) is 19.2 Å². The van der Waals surface area contributed by atoms with E-state index >= 15 is 0 Å². The van der Waals surface area contributed by atoms with Crippen LogP contribution in [0.1, 0.15) is 46.0 Å². The van der Waals surface area contributed by atoms with Crippen molar-refractivity contribution in [2.75, 3.05) is 26.4 Å². The van der Waals surface area contributed by atoms with Gasteiger partial charge in [-0.15, -0.1) is 0 Å². The summed E-state index contributed by atoms with van der Waals surface area (Å²) in [5.74, 6) is -0.323. The minimum atomic E-state index is -0.563. The van der Waals surface area contributed by atoms with Crippen LogP contribution in [-0.2, 0) is 19.1 Å². The zero-order valence-corrected chi connectivity index (χ0v) is 24.7. The highest BCUT2D eigenvalue weighted by molar-refractivity contribution is 5.92. The summed E-state index contributed by atoms with van der Waals surface area (Å²) >= 11 is 0. The van der Waals surface area contributed by atoms with Gasteiger partial charge in [-0.2, -0.15) is 0 Å². The van der Waals surface area contributed by atoms with E-state index in [2.05, 4.69) is 13.2 Å². The Bertz CT molecular complexity index is 1470. The maximum Gasteiger partial charge on any atom is 0.343 e. The van der Waals surface area contributed by atoms with Crippen LogP contribution in [0.25, 0.3) is 0 Å². The van der Waals surface area contributed by atoms with Crippen molar-refractivity contribution in [3.63, 3.8) is 0 Å². The first-order valence-electron chi connectivity index (χ1n) is 13.8. The molecule has 0 bridgehead atoms. The molecule has 0 unspecified atom stereocenters. The Morgan fingerprint density at radius 3 is 1.68 bits per heavy atom. The Balaban J connectivity index is 1.44. The van der Waals surface area contributed by atoms with E-state index in [0.717, 1.165) is 6.08 Å². The standard InChI is InChI=1S/C34H34O10/c1-5-31(35)41-20-6-18-39-28-14-10-26(11-15-28)34(38)44-30-17-16-29(22-24(30)4)43-33(37)25-8-12-27(13-9-25)40-19-7-21-42-32(36)23(2)3/h5,8-17,22H,1-2,6-7,18-21H2,3-4H3. The number of benzene rings is 3. The lowest BCUT2D eigenvalue weighted by atomic mass is 10.2. The van der Waals surface area contributed by atoms with Crippen molar-refractivity contribution in [2.45, 2.75) is 26.7 Å². The molecule has 10 nitrogen and oxygen atoms in total. The Kier molecular flexibility index (Phi) is 12.7. The zero-order chi connectivity index (χ0) is 31.9. The van der Waals surface area contributed by atoms with E-state index < -0.39 is 23.9 Å². The molecule has 10 heteroatoms. The number of aryl methyl sites for hydroxylation is 1. The molecule has 0 amide bonds. The second-order valence-corrected chi connectivity index (χ2v) is 9.45. The van der Waals surface area contributed by atoms with Crippen LogP contribution in [0.15, 0.2) is 91.5 Å². The molecule has 0 radical (unpaired) electrons. The molecule has 0 aliphatic heterocycles. The average Bonchev–Trinajstić information content (AvgIpc) is 3.02. The van der Waals surface area contributed by atoms with Crippen LogP contribution in [0.2, 0.25) is 0 Å². The van der Waals surface area contributed by atoms with Crippen molar-refractivity contribution in [3.05, 3.63) is 108 Å². The molecule has 0 aromatic heterocycles. The van der Waals surface area contributed by atoms with Crippen molar-refractivity contribution in [3.8, 4) is 23.0 Å². The summed E-state index contributed by atoms with van der Waals surface area (Å²) in [5, 5.41) is 0. The predicted octanol–water partition coefficient (Wildman–Crippen LogP) is 5.82. The summed E-state index contributed by atoms with van der Waals surface area (Å²) in [4.78, 5) is 47.7. The van der Waals surface area contributed by atoms with Crippen molar-refractivity contribution >= 4 is 23.9 Å².